The van der Waals surface area contributed by atoms with E-state index in [2.05, 4.69) is 26.1 Å². The first-order valence-corrected chi connectivity index (χ1v) is 7.95. The maximum Gasteiger partial charge on any atom is 0.146 e. The predicted molar refractivity (Wildman–Crippen MR) is 80.0 cm³/mol. The summed E-state index contributed by atoms with van der Waals surface area (Å²) in [7, 11) is 0. The first kappa shape index (κ1) is 17.6. The third-order valence-corrected chi connectivity index (χ3v) is 3.57. The molecule has 0 aromatic heterocycles. The fourth-order valence-corrected chi connectivity index (χ4v) is 1.98. The molecule has 2 nitrogen and oxygen atoms in total. The molecule has 1 N–H and O–H groups in total. The lowest BCUT2D eigenvalue weighted by Crippen LogP contribution is -2.30. The average molecular weight is 255 g/mol. The van der Waals surface area contributed by atoms with Gasteiger partial charge in [-0.25, -0.2) is 0 Å². The molecule has 0 aromatic rings. The fraction of sp³-hybridized carbons (Fsp3) is 0.938. The minimum atomic E-state index is 0.376. The van der Waals surface area contributed by atoms with E-state index in [1.54, 1.807) is 0 Å². The molecule has 0 rings (SSSR count). The van der Waals surface area contributed by atoms with Crippen molar-refractivity contribution in [2.75, 3.05) is 6.54 Å². The van der Waals surface area contributed by atoms with Crippen LogP contribution >= 0.6 is 0 Å². The molecule has 0 aliphatic carbocycles. The Morgan fingerprint density at radius 2 is 1.50 bits per heavy atom. The largest absolute Gasteiger partial charge is 0.308 e. The SMILES string of the molecule is CCCCCCCCCCC(=O)CNC(C)CC. The van der Waals surface area contributed by atoms with Crippen LogP contribution in [0.4, 0.5) is 0 Å². The Balaban J connectivity index is 3.20. The van der Waals surface area contributed by atoms with Crippen LogP contribution in [0.25, 0.3) is 0 Å². The molecule has 108 valence electrons. The van der Waals surface area contributed by atoms with Gasteiger partial charge >= 0.3 is 0 Å². The highest BCUT2D eigenvalue weighted by Crippen LogP contribution is 2.09. The van der Waals surface area contributed by atoms with Crippen molar-refractivity contribution in [3.05, 3.63) is 0 Å². The molecular weight excluding hydrogens is 222 g/mol. The Morgan fingerprint density at radius 3 is 2.06 bits per heavy atom. The monoisotopic (exact) mass is 255 g/mol. The number of nitrogens with one attached hydrogen (secondary N) is 1. The number of hydrogen-bond acceptors (Lipinski definition) is 2. The van der Waals surface area contributed by atoms with Crippen LogP contribution in [-0.2, 0) is 4.79 Å². The zero-order valence-corrected chi connectivity index (χ0v) is 12.8. The molecular formula is C16H33NO. The van der Waals surface area contributed by atoms with Gasteiger partial charge in [-0.3, -0.25) is 4.79 Å². The summed E-state index contributed by atoms with van der Waals surface area (Å²) in [5.41, 5.74) is 0. The van der Waals surface area contributed by atoms with Crippen molar-refractivity contribution in [1.82, 2.24) is 5.32 Å². The van der Waals surface area contributed by atoms with Gasteiger partial charge in [0.1, 0.15) is 5.78 Å². The summed E-state index contributed by atoms with van der Waals surface area (Å²) in [6.45, 7) is 7.08. The van der Waals surface area contributed by atoms with E-state index < -0.39 is 0 Å². The van der Waals surface area contributed by atoms with E-state index in [1.165, 1.54) is 44.9 Å². The highest BCUT2D eigenvalue weighted by molar-refractivity contribution is 5.80. The van der Waals surface area contributed by atoms with Crippen molar-refractivity contribution in [2.45, 2.75) is 91.0 Å². The van der Waals surface area contributed by atoms with Crippen LogP contribution in [0.5, 0.6) is 0 Å². The van der Waals surface area contributed by atoms with Crippen LogP contribution in [0.3, 0.4) is 0 Å². The standard InChI is InChI=1S/C16H33NO/c1-4-6-7-8-9-10-11-12-13-16(18)14-17-15(3)5-2/h15,17H,4-14H2,1-3H3. The van der Waals surface area contributed by atoms with E-state index >= 15 is 0 Å². The van der Waals surface area contributed by atoms with Gasteiger partial charge in [0.2, 0.25) is 0 Å². The zero-order valence-electron chi connectivity index (χ0n) is 12.8. The number of ketones is 1. The third-order valence-electron chi connectivity index (χ3n) is 3.57. The minimum Gasteiger partial charge on any atom is -0.308 e. The molecule has 0 aromatic carbocycles. The molecule has 1 atom stereocenters. The molecule has 0 amide bonds. The summed E-state index contributed by atoms with van der Waals surface area (Å²) >= 11 is 0. The second-order valence-electron chi connectivity index (χ2n) is 5.45. The number of rotatable bonds is 13. The topological polar surface area (TPSA) is 29.1 Å². The molecule has 0 saturated heterocycles. The molecule has 0 bridgehead atoms. The van der Waals surface area contributed by atoms with Crippen LogP contribution in [0.1, 0.15) is 85.0 Å². The van der Waals surface area contributed by atoms with Crippen molar-refractivity contribution in [2.24, 2.45) is 0 Å². The molecule has 0 spiro atoms. The number of carbonyl (C=O) groups is 1. The predicted octanol–water partition coefficient (Wildman–Crippen LogP) is 4.47. The van der Waals surface area contributed by atoms with Gasteiger partial charge in [-0.1, -0.05) is 58.8 Å². The molecule has 0 aliphatic rings. The Morgan fingerprint density at radius 1 is 0.944 bits per heavy atom. The molecule has 0 aliphatic heterocycles. The Bertz CT molecular complexity index is 192. The van der Waals surface area contributed by atoms with Crippen molar-refractivity contribution >= 4 is 5.78 Å². The van der Waals surface area contributed by atoms with Crippen LogP contribution in [0.2, 0.25) is 0 Å². The highest BCUT2D eigenvalue weighted by Gasteiger charge is 2.03. The number of Topliss-reactive ketones (excluding diaryl/α,β-unsaturated/α-hetero) is 1. The number of carbonyl (C=O) groups excluding carboxylic acids is 1. The maximum atomic E-state index is 11.6. The highest BCUT2D eigenvalue weighted by atomic mass is 16.1. The van der Waals surface area contributed by atoms with E-state index in [0.29, 0.717) is 18.4 Å². The van der Waals surface area contributed by atoms with E-state index in [4.69, 9.17) is 0 Å². The molecule has 2 heteroatoms. The van der Waals surface area contributed by atoms with Gasteiger partial charge in [0.15, 0.2) is 0 Å². The quantitative estimate of drug-likeness (QED) is 0.492. The summed E-state index contributed by atoms with van der Waals surface area (Å²) < 4.78 is 0. The van der Waals surface area contributed by atoms with Gasteiger partial charge < -0.3 is 5.32 Å². The van der Waals surface area contributed by atoms with Crippen LogP contribution in [0.15, 0.2) is 0 Å². The Hall–Kier alpha value is -0.370. The smallest absolute Gasteiger partial charge is 0.146 e. The lowest BCUT2D eigenvalue weighted by atomic mass is 10.1. The van der Waals surface area contributed by atoms with Gasteiger partial charge in [0.25, 0.3) is 0 Å². The zero-order chi connectivity index (χ0) is 13.6. The van der Waals surface area contributed by atoms with Crippen molar-refractivity contribution in [3.63, 3.8) is 0 Å². The van der Waals surface area contributed by atoms with E-state index in [9.17, 15) is 4.79 Å². The fourth-order valence-electron chi connectivity index (χ4n) is 1.98. The summed E-state index contributed by atoms with van der Waals surface area (Å²) in [5, 5.41) is 3.26. The van der Waals surface area contributed by atoms with Crippen molar-refractivity contribution < 1.29 is 4.79 Å². The Labute approximate surface area is 114 Å². The first-order chi connectivity index (χ1) is 8.70. The minimum absolute atomic E-state index is 0.376. The maximum absolute atomic E-state index is 11.6. The second kappa shape index (κ2) is 13.1. The second-order valence-corrected chi connectivity index (χ2v) is 5.45. The number of hydrogen-bond donors (Lipinski definition) is 1. The number of unbranched alkanes of at least 4 members (excludes halogenated alkanes) is 7. The van der Waals surface area contributed by atoms with Gasteiger partial charge in [0, 0.05) is 12.5 Å². The average Bonchev–Trinajstić information content (AvgIpc) is 2.39. The summed E-state index contributed by atoms with van der Waals surface area (Å²) in [6, 6.07) is 0.465. The first-order valence-electron chi connectivity index (χ1n) is 7.95. The van der Waals surface area contributed by atoms with Crippen LogP contribution in [0, 0.1) is 0 Å². The lowest BCUT2D eigenvalue weighted by Gasteiger charge is -2.10. The summed E-state index contributed by atoms with van der Waals surface area (Å²) in [4.78, 5) is 11.6. The normalized spacial score (nSPS) is 12.6. The summed E-state index contributed by atoms with van der Waals surface area (Å²) in [6.07, 6.45) is 12.2. The van der Waals surface area contributed by atoms with Crippen molar-refractivity contribution in [1.29, 1.82) is 0 Å². The van der Waals surface area contributed by atoms with E-state index in [-0.39, 0.29) is 0 Å². The van der Waals surface area contributed by atoms with E-state index in [1.807, 2.05) is 0 Å². The van der Waals surface area contributed by atoms with Gasteiger partial charge in [0.05, 0.1) is 6.54 Å². The van der Waals surface area contributed by atoms with Crippen molar-refractivity contribution in [3.8, 4) is 0 Å². The third kappa shape index (κ3) is 12.1. The Kier molecular flexibility index (Phi) is 12.8. The van der Waals surface area contributed by atoms with Crippen LogP contribution < -0.4 is 5.32 Å². The molecule has 0 fully saturated rings. The van der Waals surface area contributed by atoms with Gasteiger partial charge in [-0.2, -0.15) is 0 Å². The lowest BCUT2D eigenvalue weighted by molar-refractivity contribution is -0.118. The van der Waals surface area contributed by atoms with Crippen LogP contribution in [-0.4, -0.2) is 18.4 Å². The molecule has 0 radical (unpaired) electrons. The molecule has 0 saturated carbocycles. The molecule has 0 heterocycles. The van der Waals surface area contributed by atoms with Gasteiger partial charge in [-0.05, 0) is 19.8 Å². The molecule has 1 unspecified atom stereocenters. The molecule has 18 heavy (non-hydrogen) atoms. The van der Waals surface area contributed by atoms with Gasteiger partial charge in [-0.15, -0.1) is 0 Å². The summed E-state index contributed by atoms with van der Waals surface area (Å²) in [5.74, 6) is 0.376. The van der Waals surface area contributed by atoms with E-state index in [0.717, 1.165) is 19.3 Å².